The average molecular weight is 228 g/mol. The normalized spacial score (nSPS) is 24.5. The number of benzene rings is 1. The van der Waals surface area contributed by atoms with Gasteiger partial charge in [0.25, 0.3) is 0 Å². The van der Waals surface area contributed by atoms with Crippen molar-refractivity contribution in [3.8, 4) is 0 Å². The second-order valence-electron chi connectivity index (χ2n) is 3.58. The summed E-state index contributed by atoms with van der Waals surface area (Å²) in [6.45, 7) is 0.788. The van der Waals surface area contributed by atoms with E-state index in [2.05, 4.69) is 5.32 Å². The van der Waals surface area contributed by atoms with E-state index >= 15 is 0 Å². The fraction of sp³-hybridized carbons (Fsp3) is 0.364. The Morgan fingerprint density at radius 1 is 1.33 bits per heavy atom. The number of hydrogen-bond donors (Lipinski definition) is 2. The lowest BCUT2D eigenvalue weighted by Gasteiger charge is -2.15. The van der Waals surface area contributed by atoms with Gasteiger partial charge in [-0.1, -0.05) is 30.3 Å². The minimum Gasteiger partial charge on any atom is -0.480 e. The standard InChI is InChI=1S/C11H13NO2.ClH/c13-11(14)10-9(6-7-12-10)8-4-2-1-3-5-8;/h1-5,9-10,12H,6-7H2,(H,13,14);1H/t9-,10-;/m1./s1. The van der Waals surface area contributed by atoms with Gasteiger partial charge in [-0.25, -0.2) is 0 Å². The first-order chi connectivity index (χ1) is 6.79. The van der Waals surface area contributed by atoms with Crippen LogP contribution in [-0.2, 0) is 4.79 Å². The summed E-state index contributed by atoms with van der Waals surface area (Å²) in [5.74, 6) is -0.634. The van der Waals surface area contributed by atoms with Crippen molar-refractivity contribution in [2.45, 2.75) is 18.4 Å². The van der Waals surface area contributed by atoms with E-state index in [1.54, 1.807) is 0 Å². The molecule has 1 fully saturated rings. The number of rotatable bonds is 2. The fourth-order valence-corrected chi connectivity index (χ4v) is 2.02. The molecule has 0 spiro atoms. The molecule has 0 unspecified atom stereocenters. The van der Waals surface area contributed by atoms with Gasteiger partial charge in [-0.05, 0) is 18.5 Å². The third-order valence-corrected chi connectivity index (χ3v) is 2.72. The number of halogens is 1. The number of aliphatic carboxylic acids is 1. The number of carboxylic acid groups (broad SMARTS) is 1. The monoisotopic (exact) mass is 227 g/mol. The van der Waals surface area contributed by atoms with Gasteiger partial charge in [-0.15, -0.1) is 12.4 Å². The van der Waals surface area contributed by atoms with Crippen LogP contribution in [0.25, 0.3) is 0 Å². The van der Waals surface area contributed by atoms with Crippen molar-refractivity contribution < 1.29 is 9.90 Å². The Bertz CT molecular complexity index is 329. The lowest BCUT2D eigenvalue weighted by atomic mass is 9.92. The molecule has 0 radical (unpaired) electrons. The van der Waals surface area contributed by atoms with Gasteiger partial charge in [0.15, 0.2) is 0 Å². The summed E-state index contributed by atoms with van der Waals surface area (Å²) in [4.78, 5) is 10.9. The minimum atomic E-state index is -0.753. The molecular formula is C11H14ClNO2. The van der Waals surface area contributed by atoms with E-state index in [4.69, 9.17) is 5.11 Å². The van der Waals surface area contributed by atoms with Gasteiger partial charge < -0.3 is 10.4 Å². The Hall–Kier alpha value is -1.06. The Balaban J connectivity index is 0.00000112. The van der Waals surface area contributed by atoms with Crippen molar-refractivity contribution in [1.29, 1.82) is 0 Å². The third-order valence-electron chi connectivity index (χ3n) is 2.72. The van der Waals surface area contributed by atoms with E-state index in [9.17, 15) is 4.79 Å². The smallest absolute Gasteiger partial charge is 0.321 e. The van der Waals surface area contributed by atoms with Crippen molar-refractivity contribution in [2.24, 2.45) is 0 Å². The van der Waals surface area contributed by atoms with Gasteiger partial charge in [-0.3, -0.25) is 4.79 Å². The molecule has 1 aliphatic rings. The lowest BCUT2D eigenvalue weighted by Crippen LogP contribution is -2.34. The molecule has 0 aromatic heterocycles. The largest absolute Gasteiger partial charge is 0.480 e. The summed E-state index contributed by atoms with van der Waals surface area (Å²) in [6.07, 6.45) is 0.904. The van der Waals surface area contributed by atoms with Crippen LogP contribution in [0.3, 0.4) is 0 Å². The summed E-state index contributed by atoms with van der Waals surface area (Å²) < 4.78 is 0. The molecule has 15 heavy (non-hydrogen) atoms. The molecule has 82 valence electrons. The van der Waals surface area contributed by atoms with E-state index in [-0.39, 0.29) is 18.3 Å². The summed E-state index contributed by atoms with van der Waals surface area (Å²) in [5, 5.41) is 12.0. The first-order valence-electron chi connectivity index (χ1n) is 4.80. The highest BCUT2D eigenvalue weighted by Crippen LogP contribution is 2.27. The zero-order chi connectivity index (χ0) is 9.97. The number of nitrogens with one attached hydrogen (secondary N) is 1. The van der Waals surface area contributed by atoms with Crippen LogP contribution in [0.2, 0.25) is 0 Å². The number of carboxylic acids is 1. The average Bonchev–Trinajstić information content (AvgIpc) is 2.67. The van der Waals surface area contributed by atoms with Crippen LogP contribution in [0.5, 0.6) is 0 Å². The van der Waals surface area contributed by atoms with Gasteiger partial charge in [0, 0.05) is 5.92 Å². The van der Waals surface area contributed by atoms with Crippen molar-refractivity contribution in [2.75, 3.05) is 6.54 Å². The number of carbonyl (C=O) groups is 1. The predicted octanol–water partition coefficient (Wildman–Crippen LogP) is 1.64. The first-order valence-corrected chi connectivity index (χ1v) is 4.80. The van der Waals surface area contributed by atoms with Crippen molar-refractivity contribution in [3.05, 3.63) is 35.9 Å². The van der Waals surface area contributed by atoms with Gasteiger partial charge in [-0.2, -0.15) is 0 Å². The quantitative estimate of drug-likeness (QED) is 0.808. The van der Waals surface area contributed by atoms with Gasteiger partial charge in [0.1, 0.15) is 6.04 Å². The maximum atomic E-state index is 10.9. The molecular weight excluding hydrogens is 214 g/mol. The SMILES string of the molecule is Cl.O=C(O)[C@@H]1NCC[C@@H]1c1ccccc1. The molecule has 0 aliphatic carbocycles. The van der Waals surface area contributed by atoms with Crippen LogP contribution < -0.4 is 5.32 Å². The second-order valence-corrected chi connectivity index (χ2v) is 3.58. The Labute approximate surface area is 94.9 Å². The second kappa shape index (κ2) is 5.14. The Morgan fingerprint density at radius 3 is 2.60 bits per heavy atom. The molecule has 2 rings (SSSR count). The van der Waals surface area contributed by atoms with Crippen molar-refractivity contribution in [1.82, 2.24) is 5.32 Å². The van der Waals surface area contributed by atoms with Crippen LogP contribution >= 0.6 is 12.4 Å². The maximum Gasteiger partial charge on any atom is 0.321 e. The van der Waals surface area contributed by atoms with E-state index in [1.807, 2.05) is 30.3 Å². The first kappa shape index (κ1) is 12.0. The molecule has 3 nitrogen and oxygen atoms in total. The Kier molecular flexibility index (Phi) is 4.12. The third kappa shape index (κ3) is 2.49. The van der Waals surface area contributed by atoms with Crippen LogP contribution in [0.1, 0.15) is 17.9 Å². The molecule has 1 aliphatic heterocycles. The van der Waals surface area contributed by atoms with Gasteiger partial charge >= 0.3 is 5.97 Å². The zero-order valence-electron chi connectivity index (χ0n) is 8.22. The topological polar surface area (TPSA) is 49.3 Å². The molecule has 0 saturated carbocycles. The molecule has 2 N–H and O–H groups in total. The zero-order valence-corrected chi connectivity index (χ0v) is 9.04. The molecule has 0 amide bonds. The maximum absolute atomic E-state index is 10.9. The summed E-state index contributed by atoms with van der Waals surface area (Å²) in [7, 11) is 0. The molecule has 1 aromatic carbocycles. The molecule has 0 bridgehead atoms. The van der Waals surface area contributed by atoms with Crippen LogP contribution in [-0.4, -0.2) is 23.7 Å². The molecule has 4 heteroatoms. The highest BCUT2D eigenvalue weighted by Gasteiger charge is 2.33. The molecule has 1 heterocycles. The predicted molar refractivity (Wildman–Crippen MR) is 60.5 cm³/mol. The fourth-order valence-electron chi connectivity index (χ4n) is 2.02. The molecule has 1 saturated heterocycles. The van der Waals surface area contributed by atoms with Crippen molar-refractivity contribution >= 4 is 18.4 Å². The lowest BCUT2D eigenvalue weighted by molar-refractivity contribution is -0.139. The van der Waals surface area contributed by atoms with Crippen LogP contribution in [0.4, 0.5) is 0 Å². The van der Waals surface area contributed by atoms with Crippen LogP contribution in [0, 0.1) is 0 Å². The van der Waals surface area contributed by atoms with Gasteiger partial charge in [0.05, 0.1) is 0 Å². The van der Waals surface area contributed by atoms with E-state index in [1.165, 1.54) is 0 Å². The van der Waals surface area contributed by atoms with Gasteiger partial charge in [0.2, 0.25) is 0 Å². The summed E-state index contributed by atoms with van der Waals surface area (Å²) in [6, 6.07) is 9.42. The highest BCUT2D eigenvalue weighted by molar-refractivity contribution is 5.85. The highest BCUT2D eigenvalue weighted by atomic mass is 35.5. The summed E-state index contributed by atoms with van der Waals surface area (Å²) >= 11 is 0. The number of hydrogen-bond acceptors (Lipinski definition) is 2. The minimum absolute atomic E-state index is 0. The Morgan fingerprint density at radius 2 is 2.00 bits per heavy atom. The van der Waals surface area contributed by atoms with E-state index in [0.29, 0.717) is 0 Å². The van der Waals surface area contributed by atoms with Crippen LogP contribution in [0.15, 0.2) is 30.3 Å². The van der Waals surface area contributed by atoms with Crippen molar-refractivity contribution in [3.63, 3.8) is 0 Å². The summed E-state index contributed by atoms with van der Waals surface area (Å²) in [5.41, 5.74) is 1.12. The van der Waals surface area contributed by atoms with E-state index < -0.39 is 12.0 Å². The molecule has 2 atom stereocenters. The molecule has 1 aromatic rings. The van der Waals surface area contributed by atoms with E-state index in [0.717, 1.165) is 18.5 Å².